The maximum Gasteiger partial charge on any atom is 0.374 e. The topological polar surface area (TPSA) is 116 Å². The first-order chi connectivity index (χ1) is 14.4. The van der Waals surface area contributed by atoms with E-state index in [1.807, 2.05) is 6.92 Å². The molecule has 30 heavy (non-hydrogen) atoms. The average Bonchev–Trinajstić information content (AvgIpc) is 2.72. The van der Waals surface area contributed by atoms with E-state index in [0.29, 0.717) is 12.8 Å². The minimum Gasteiger partial charge on any atom is -0.478 e. The van der Waals surface area contributed by atoms with E-state index in [0.717, 1.165) is 38.5 Å². The molecule has 0 fully saturated rings. The molecular formula is C22H31NO7. The Kier molecular flexibility index (Phi) is 11.8. The summed E-state index contributed by atoms with van der Waals surface area (Å²) in [4.78, 5) is 34.7. The molecule has 1 rings (SSSR count). The summed E-state index contributed by atoms with van der Waals surface area (Å²) in [6.45, 7) is 4.30. The number of carboxylic acid groups (broad SMARTS) is 1. The maximum atomic E-state index is 12.6. The van der Waals surface area contributed by atoms with Crippen molar-refractivity contribution in [1.82, 2.24) is 0 Å². The van der Waals surface area contributed by atoms with Crippen molar-refractivity contribution in [2.24, 2.45) is 0 Å². The van der Waals surface area contributed by atoms with Crippen molar-refractivity contribution in [3.8, 4) is 5.75 Å². The summed E-state index contributed by atoms with van der Waals surface area (Å²) in [5, 5.41) is 20.5. The number of carbonyl (C=O) groups is 2. The molecule has 0 aliphatic rings. The van der Waals surface area contributed by atoms with Crippen molar-refractivity contribution < 1.29 is 29.1 Å². The number of carbonyl (C=O) groups excluding carboxylic acids is 1. The van der Waals surface area contributed by atoms with Crippen molar-refractivity contribution in [1.29, 1.82) is 0 Å². The molecule has 1 aromatic carbocycles. The number of esters is 1. The van der Waals surface area contributed by atoms with E-state index in [9.17, 15) is 24.8 Å². The SMILES string of the molecule is CCCCCCOC(=O)C(Oc1ccc([N+](=O)[O-])cc1)=C(CCCCCC)C(=O)O. The smallest absolute Gasteiger partial charge is 0.374 e. The third kappa shape index (κ3) is 9.07. The van der Waals surface area contributed by atoms with Gasteiger partial charge in [-0.05, 0) is 31.4 Å². The van der Waals surface area contributed by atoms with Gasteiger partial charge in [0.15, 0.2) is 0 Å². The zero-order valence-electron chi connectivity index (χ0n) is 17.7. The summed E-state index contributed by atoms with van der Waals surface area (Å²) in [6.07, 6.45) is 7.24. The first-order valence-electron chi connectivity index (χ1n) is 10.5. The molecule has 0 aromatic heterocycles. The van der Waals surface area contributed by atoms with Gasteiger partial charge in [-0.25, -0.2) is 9.59 Å². The molecule has 0 amide bonds. The Labute approximate surface area is 177 Å². The minimum atomic E-state index is -1.24. The molecule has 0 heterocycles. The fourth-order valence-electron chi connectivity index (χ4n) is 2.79. The lowest BCUT2D eigenvalue weighted by molar-refractivity contribution is -0.384. The fraction of sp³-hybridized carbons (Fsp3) is 0.545. The van der Waals surface area contributed by atoms with Crippen LogP contribution in [0.2, 0.25) is 0 Å². The third-order valence-corrected chi connectivity index (χ3v) is 4.50. The monoisotopic (exact) mass is 421 g/mol. The zero-order valence-corrected chi connectivity index (χ0v) is 17.7. The summed E-state index contributed by atoms with van der Waals surface area (Å²) in [5.41, 5.74) is -0.285. The number of ether oxygens (including phenoxy) is 2. The Hall–Kier alpha value is -2.90. The van der Waals surface area contributed by atoms with Crippen LogP contribution in [0.15, 0.2) is 35.6 Å². The maximum absolute atomic E-state index is 12.6. The molecule has 0 saturated carbocycles. The van der Waals surface area contributed by atoms with Gasteiger partial charge in [0.2, 0.25) is 5.76 Å². The summed E-state index contributed by atoms with van der Waals surface area (Å²) in [7, 11) is 0. The van der Waals surface area contributed by atoms with Crippen LogP contribution >= 0.6 is 0 Å². The van der Waals surface area contributed by atoms with E-state index in [4.69, 9.17) is 9.47 Å². The highest BCUT2D eigenvalue weighted by molar-refractivity contribution is 5.98. The summed E-state index contributed by atoms with van der Waals surface area (Å²) in [5.74, 6) is -2.32. The van der Waals surface area contributed by atoms with Gasteiger partial charge >= 0.3 is 11.9 Å². The lowest BCUT2D eigenvalue weighted by atomic mass is 10.1. The van der Waals surface area contributed by atoms with Crippen LogP contribution in [-0.2, 0) is 14.3 Å². The third-order valence-electron chi connectivity index (χ3n) is 4.50. The highest BCUT2D eigenvalue weighted by Crippen LogP contribution is 2.23. The Morgan fingerprint density at radius 3 is 2.10 bits per heavy atom. The number of nitrogens with zero attached hydrogens (tertiary/aromatic N) is 1. The molecule has 0 saturated heterocycles. The Balaban J connectivity index is 3.03. The van der Waals surface area contributed by atoms with Crippen LogP contribution in [-0.4, -0.2) is 28.6 Å². The molecule has 0 aliphatic heterocycles. The Bertz CT molecular complexity index is 726. The van der Waals surface area contributed by atoms with Gasteiger partial charge in [0.1, 0.15) is 5.75 Å². The zero-order chi connectivity index (χ0) is 22.4. The highest BCUT2D eigenvalue weighted by Gasteiger charge is 2.25. The number of hydrogen-bond acceptors (Lipinski definition) is 6. The van der Waals surface area contributed by atoms with Crippen molar-refractivity contribution in [3.63, 3.8) is 0 Å². The standard InChI is InChI=1S/C22H31NO7/c1-3-5-7-9-11-19(21(24)25)20(22(26)29-16-10-8-6-4-2)30-18-14-12-17(13-15-18)23(27)28/h12-15H,3-11,16H2,1-2H3,(H,24,25). The highest BCUT2D eigenvalue weighted by atomic mass is 16.6. The second-order valence-corrected chi connectivity index (χ2v) is 6.97. The molecule has 0 atom stereocenters. The number of nitro benzene ring substituents is 1. The van der Waals surface area contributed by atoms with Crippen LogP contribution in [0.4, 0.5) is 5.69 Å². The van der Waals surface area contributed by atoms with Crippen molar-refractivity contribution in [2.75, 3.05) is 6.61 Å². The number of aliphatic carboxylic acids is 1. The lowest BCUT2D eigenvalue weighted by Gasteiger charge is -2.14. The molecule has 166 valence electrons. The summed E-state index contributed by atoms with van der Waals surface area (Å²) >= 11 is 0. The van der Waals surface area contributed by atoms with Gasteiger partial charge in [0.25, 0.3) is 5.69 Å². The second kappa shape index (κ2) is 14.1. The van der Waals surface area contributed by atoms with Crippen LogP contribution < -0.4 is 4.74 Å². The van der Waals surface area contributed by atoms with Gasteiger partial charge in [0.05, 0.1) is 17.1 Å². The Morgan fingerprint density at radius 1 is 0.967 bits per heavy atom. The lowest BCUT2D eigenvalue weighted by Crippen LogP contribution is -2.19. The molecule has 0 spiro atoms. The van der Waals surface area contributed by atoms with Crippen LogP contribution in [0.1, 0.15) is 71.6 Å². The van der Waals surface area contributed by atoms with Gasteiger partial charge in [-0.1, -0.05) is 52.4 Å². The number of hydrogen-bond donors (Lipinski definition) is 1. The first-order valence-corrected chi connectivity index (χ1v) is 10.5. The van der Waals surface area contributed by atoms with Gasteiger partial charge < -0.3 is 14.6 Å². The predicted molar refractivity (Wildman–Crippen MR) is 112 cm³/mol. The van der Waals surface area contributed by atoms with E-state index in [1.54, 1.807) is 0 Å². The molecule has 0 aliphatic carbocycles. The van der Waals surface area contributed by atoms with Crippen LogP contribution in [0.25, 0.3) is 0 Å². The van der Waals surface area contributed by atoms with E-state index in [1.165, 1.54) is 24.3 Å². The van der Waals surface area contributed by atoms with Gasteiger partial charge in [-0.15, -0.1) is 0 Å². The normalized spacial score (nSPS) is 11.5. The second-order valence-electron chi connectivity index (χ2n) is 6.97. The number of non-ortho nitro benzene ring substituents is 1. The predicted octanol–water partition coefficient (Wildman–Crippen LogP) is 5.41. The van der Waals surface area contributed by atoms with Crippen LogP contribution in [0, 0.1) is 10.1 Å². The molecule has 0 unspecified atom stereocenters. The molecule has 0 bridgehead atoms. The van der Waals surface area contributed by atoms with Crippen molar-refractivity contribution in [3.05, 3.63) is 45.7 Å². The first kappa shape index (κ1) is 25.1. The molecule has 1 aromatic rings. The number of rotatable bonds is 15. The van der Waals surface area contributed by atoms with E-state index in [-0.39, 0.29) is 35.8 Å². The van der Waals surface area contributed by atoms with Gasteiger partial charge in [-0.2, -0.15) is 0 Å². The number of carboxylic acids is 1. The quantitative estimate of drug-likeness (QED) is 0.101. The summed E-state index contributed by atoms with van der Waals surface area (Å²) < 4.78 is 10.8. The molecule has 1 N–H and O–H groups in total. The molecule has 8 nitrogen and oxygen atoms in total. The largest absolute Gasteiger partial charge is 0.478 e. The molecular weight excluding hydrogens is 390 g/mol. The summed E-state index contributed by atoms with van der Waals surface area (Å²) in [6, 6.07) is 5.10. The molecule has 0 radical (unpaired) electrons. The number of nitro groups is 1. The van der Waals surface area contributed by atoms with E-state index >= 15 is 0 Å². The van der Waals surface area contributed by atoms with Crippen molar-refractivity contribution >= 4 is 17.6 Å². The average molecular weight is 421 g/mol. The minimum absolute atomic E-state index is 0.130. The number of benzene rings is 1. The van der Waals surface area contributed by atoms with E-state index in [2.05, 4.69) is 6.92 Å². The fourth-order valence-corrected chi connectivity index (χ4v) is 2.79. The van der Waals surface area contributed by atoms with Crippen LogP contribution in [0.5, 0.6) is 5.75 Å². The van der Waals surface area contributed by atoms with E-state index < -0.39 is 16.9 Å². The van der Waals surface area contributed by atoms with Gasteiger partial charge in [-0.3, -0.25) is 10.1 Å². The van der Waals surface area contributed by atoms with Crippen molar-refractivity contribution in [2.45, 2.75) is 71.6 Å². The molecule has 8 heteroatoms. The Morgan fingerprint density at radius 2 is 1.57 bits per heavy atom. The number of unbranched alkanes of at least 4 members (excludes halogenated alkanes) is 6. The van der Waals surface area contributed by atoms with Crippen LogP contribution in [0.3, 0.4) is 0 Å². The van der Waals surface area contributed by atoms with Gasteiger partial charge in [0, 0.05) is 12.1 Å².